The molecule has 23 heavy (non-hydrogen) atoms. The number of hydrogen-bond donors (Lipinski definition) is 1. The predicted octanol–water partition coefficient (Wildman–Crippen LogP) is 4.09. The monoisotopic (exact) mass is 318 g/mol. The summed E-state index contributed by atoms with van der Waals surface area (Å²) in [6.07, 6.45) is -0.00297. The number of hydrogen-bond acceptors (Lipinski definition) is 3. The van der Waals surface area contributed by atoms with Gasteiger partial charge < -0.3 is 14.6 Å². The highest BCUT2D eigenvalue weighted by molar-refractivity contribution is 5.70. The summed E-state index contributed by atoms with van der Waals surface area (Å²) in [5, 5.41) is 8.91. The Morgan fingerprint density at radius 2 is 1.83 bits per heavy atom. The van der Waals surface area contributed by atoms with Crippen molar-refractivity contribution in [1.29, 1.82) is 0 Å². The Hall–Kier alpha value is -2.56. The van der Waals surface area contributed by atoms with E-state index >= 15 is 0 Å². The summed E-state index contributed by atoms with van der Waals surface area (Å²) in [7, 11) is 3.05. The second-order valence-corrected chi connectivity index (χ2v) is 5.31. The predicted molar refractivity (Wildman–Crippen MR) is 85.6 cm³/mol. The molecule has 2 aromatic carbocycles. The molecular formula is C18H19FO4. The fourth-order valence-electron chi connectivity index (χ4n) is 2.45. The minimum absolute atomic E-state index is 0.00297. The van der Waals surface area contributed by atoms with Gasteiger partial charge in [0.2, 0.25) is 0 Å². The number of carboxylic acids is 1. The van der Waals surface area contributed by atoms with Crippen molar-refractivity contribution < 1.29 is 23.8 Å². The van der Waals surface area contributed by atoms with Crippen LogP contribution in [-0.4, -0.2) is 25.3 Å². The van der Waals surface area contributed by atoms with E-state index in [0.29, 0.717) is 22.6 Å². The van der Waals surface area contributed by atoms with Gasteiger partial charge in [-0.3, -0.25) is 4.79 Å². The van der Waals surface area contributed by atoms with Gasteiger partial charge in [-0.1, -0.05) is 19.1 Å². The number of halogens is 1. The van der Waals surface area contributed by atoms with Crippen LogP contribution in [-0.2, 0) is 4.79 Å². The maximum absolute atomic E-state index is 14.2. The fourth-order valence-corrected chi connectivity index (χ4v) is 2.45. The summed E-state index contributed by atoms with van der Waals surface area (Å²) in [5.41, 5.74) is 1.82. The molecule has 1 atom stereocenters. The van der Waals surface area contributed by atoms with Crippen molar-refractivity contribution in [2.24, 2.45) is 0 Å². The second kappa shape index (κ2) is 7.13. The van der Waals surface area contributed by atoms with Gasteiger partial charge in [-0.2, -0.15) is 0 Å². The zero-order valence-corrected chi connectivity index (χ0v) is 13.3. The Kier molecular flexibility index (Phi) is 5.21. The molecule has 0 heterocycles. The first kappa shape index (κ1) is 16.8. The Bertz CT molecular complexity index is 712. The summed E-state index contributed by atoms with van der Waals surface area (Å²) in [6, 6.07) is 9.81. The van der Waals surface area contributed by atoms with E-state index in [0.717, 1.165) is 5.56 Å². The Labute approximate surface area is 134 Å². The number of carbonyl (C=O) groups is 1. The molecule has 2 rings (SSSR count). The molecule has 0 amide bonds. The first-order valence-corrected chi connectivity index (χ1v) is 7.20. The third-order valence-electron chi connectivity index (χ3n) is 3.73. The fraction of sp³-hybridized carbons (Fsp3) is 0.278. The third kappa shape index (κ3) is 3.80. The van der Waals surface area contributed by atoms with Crippen molar-refractivity contribution in [3.63, 3.8) is 0 Å². The minimum Gasteiger partial charge on any atom is -0.493 e. The van der Waals surface area contributed by atoms with Gasteiger partial charge in [0, 0.05) is 5.56 Å². The van der Waals surface area contributed by atoms with Gasteiger partial charge in [-0.15, -0.1) is 0 Å². The van der Waals surface area contributed by atoms with Crippen LogP contribution in [0.1, 0.15) is 24.8 Å². The van der Waals surface area contributed by atoms with Crippen LogP contribution in [0.15, 0.2) is 36.4 Å². The molecule has 0 fully saturated rings. The van der Waals surface area contributed by atoms with E-state index in [1.165, 1.54) is 20.3 Å². The van der Waals surface area contributed by atoms with Crippen LogP contribution in [0, 0.1) is 5.82 Å². The van der Waals surface area contributed by atoms with E-state index in [4.69, 9.17) is 14.6 Å². The lowest BCUT2D eigenvalue weighted by Crippen LogP contribution is -2.03. The van der Waals surface area contributed by atoms with Gasteiger partial charge in [0.15, 0.2) is 11.5 Å². The van der Waals surface area contributed by atoms with E-state index in [1.54, 1.807) is 37.3 Å². The van der Waals surface area contributed by atoms with E-state index < -0.39 is 5.97 Å². The molecule has 0 saturated heterocycles. The summed E-state index contributed by atoms with van der Waals surface area (Å²) < 4.78 is 24.6. The molecule has 0 spiro atoms. The van der Waals surface area contributed by atoms with Crippen molar-refractivity contribution in [1.82, 2.24) is 0 Å². The van der Waals surface area contributed by atoms with Crippen LogP contribution in [0.4, 0.5) is 4.39 Å². The number of methoxy groups -OCH3 is 2. The first-order chi connectivity index (χ1) is 11.0. The Morgan fingerprint density at radius 3 is 2.43 bits per heavy atom. The van der Waals surface area contributed by atoms with Crippen LogP contribution in [0.5, 0.6) is 11.5 Å². The number of rotatable bonds is 6. The van der Waals surface area contributed by atoms with E-state index in [9.17, 15) is 9.18 Å². The normalized spacial score (nSPS) is 11.8. The standard InChI is InChI=1S/C18H19FO4/c1-11(8-18(20)21)12-4-6-15(19)14(9-12)13-5-7-16(22-2)17(10-13)23-3/h4-7,9-11H,8H2,1-3H3,(H,20,21). The van der Waals surface area contributed by atoms with Crippen molar-refractivity contribution >= 4 is 5.97 Å². The molecule has 0 bridgehead atoms. The molecular weight excluding hydrogens is 299 g/mol. The van der Waals surface area contributed by atoms with Gasteiger partial charge >= 0.3 is 5.97 Å². The highest BCUT2D eigenvalue weighted by Gasteiger charge is 2.15. The number of ether oxygens (including phenoxy) is 2. The largest absolute Gasteiger partial charge is 0.493 e. The summed E-state index contributed by atoms with van der Waals surface area (Å²) >= 11 is 0. The van der Waals surface area contributed by atoms with Crippen molar-refractivity contribution in [2.45, 2.75) is 19.3 Å². The molecule has 4 nitrogen and oxygen atoms in total. The maximum Gasteiger partial charge on any atom is 0.303 e. The van der Waals surface area contributed by atoms with Crippen LogP contribution in [0.3, 0.4) is 0 Å². The summed E-state index contributed by atoms with van der Waals surface area (Å²) in [6.45, 7) is 1.81. The highest BCUT2D eigenvalue weighted by atomic mass is 19.1. The van der Waals surface area contributed by atoms with Crippen LogP contribution < -0.4 is 9.47 Å². The average Bonchev–Trinajstić information content (AvgIpc) is 2.53. The molecule has 1 unspecified atom stereocenters. The van der Waals surface area contributed by atoms with Crippen molar-refractivity contribution in [3.05, 3.63) is 47.8 Å². The molecule has 1 N–H and O–H groups in total. The summed E-state index contributed by atoms with van der Waals surface area (Å²) in [5.74, 6) is -0.384. The molecule has 0 radical (unpaired) electrons. The topological polar surface area (TPSA) is 55.8 Å². The van der Waals surface area contributed by atoms with Gasteiger partial charge in [0.05, 0.1) is 20.6 Å². The molecule has 0 aliphatic carbocycles. The lowest BCUT2D eigenvalue weighted by molar-refractivity contribution is -0.137. The minimum atomic E-state index is -0.880. The van der Waals surface area contributed by atoms with Crippen LogP contribution in [0.25, 0.3) is 11.1 Å². The molecule has 122 valence electrons. The SMILES string of the molecule is COc1ccc(-c2cc(C(C)CC(=O)O)ccc2F)cc1OC. The average molecular weight is 318 g/mol. The highest BCUT2D eigenvalue weighted by Crippen LogP contribution is 2.34. The van der Waals surface area contributed by atoms with E-state index in [2.05, 4.69) is 0 Å². The lowest BCUT2D eigenvalue weighted by atomic mass is 9.93. The zero-order chi connectivity index (χ0) is 17.0. The smallest absolute Gasteiger partial charge is 0.303 e. The quantitative estimate of drug-likeness (QED) is 0.871. The maximum atomic E-state index is 14.2. The third-order valence-corrected chi connectivity index (χ3v) is 3.73. The Morgan fingerprint density at radius 1 is 1.13 bits per heavy atom. The first-order valence-electron chi connectivity index (χ1n) is 7.20. The number of carboxylic acid groups (broad SMARTS) is 1. The second-order valence-electron chi connectivity index (χ2n) is 5.31. The van der Waals surface area contributed by atoms with Gasteiger partial charge in [0.25, 0.3) is 0 Å². The molecule has 0 saturated carbocycles. The van der Waals surface area contributed by atoms with Crippen molar-refractivity contribution in [2.75, 3.05) is 14.2 Å². The number of aliphatic carboxylic acids is 1. The number of benzene rings is 2. The van der Waals surface area contributed by atoms with E-state index in [-0.39, 0.29) is 18.2 Å². The lowest BCUT2D eigenvalue weighted by Gasteiger charge is -2.14. The molecule has 0 aliphatic heterocycles. The van der Waals surface area contributed by atoms with Crippen LogP contribution >= 0.6 is 0 Å². The van der Waals surface area contributed by atoms with Gasteiger partial charge in [-0.05, 0) is 41.3 Å². The summed E-state index contributed by atoms with van der Waals surface area (Å²) in [4.78, 5) is 10.9. The van der Waals surface area contributed by atoms with Gasteiger partial charge in [0.1, 0.15) is 5.82 Å². The van der Waals surface area contributed by atoms with E-state index in [1.807, 2.05) is 0 Å². The van der Waals surface area contributed by atoms with Crippen molar-refractivity contribution in [3.8, 4) is 22.6 Å². The molecule has 5 heteroatoms. The van der Waals surface area contributed by atoms with Crippen LogP contribution in [0.2, 0.25) is 0 Å². The molecule has 0 aliphatic rings. The zero-order valence-electron chi connectivity index (χ0n) is 13.3. The van der Waals surface area contributed by atoms with Gasteiger partial charge in [-0.25, -0.2) is 4.39 Å². The molecule has 0 aromatic heterocycles. The molecule has 2 aromatic rings. The Balaban J connectivity index is 2.44.